The molecule has 212 valence electrons. The number of thiophene rings is 1. The van der Waals surface area contributed by atoms with E-state index in [1.807, 2.05) is 30.8 Å². The van der Waals surface area contributed by atoms with Crippen LogP contribution >= 0.6 is 11.3 Å². The molecule has 1 aromatic carbocycles. The summed E-state index contributed by atoms with van der Waals surface area (Å²) >= 11 is 1.65. The number of aromatic nitrogens is 2. The first-order chi connectivity index (χ1) is 19.4. The van der Waals surface area contributed by atoms with Gasteiger partial charge in [0.1, 0.15) is 17.9 Å². The number of piperazine rings is 1. The van der Waals surface area contributed by atoms with Crippen LogP contribution in [0.4, 0.5) is 0 Å². The number of carbonyl (C=O) groups is 2. The van der Waals surface area contributed by atoms with Crippen molar-refractivity contribution < 1.29 is 24.2 Å². The average Bonchev–Trinajstić information content (AvgIpc) is 3.64. The van der Waals surface area contributed by atoms with Crippen molar-refractivity contribution in [3.05, 3.63) is 58.5 Å². The Bertz CT molecular complexity index is 1340. The van der Waals surface area contributed by atoms with Crippen molar-refractivity contribution >= 4 is 23.2 Å². The lowest BCUT2D eigenvalue weighted by atomic mass is 9.98. The molecule has 2 N–H and O–H groups in total. The molecular formula is C29H35N5O5S. The van der Waals surface area contributed by atoms with Crippen LogP contribution in [0.25, 0.3) is 11.1 Å². The zero-order valence-electron chi connectivity index (χ0n) is 22.6. The van der Waals surface area contributed by atoms with Crippen molar-refractivity contribution in [3.8, 4) is 16.9 Å². The first kappa shape index (κ1) is 26.9. The molecule has 3 aromatic rings. The van der Waals surface area contributed by atoms with Crippen molar-refractivity contribution in [3.63, 3.8) is 0 Å². The Morgan fingerprint density at radius 1 is 1.15 bits per heavy atom. The Kier molecular flexibility index (Phi) is 7.88. The van der Waals surface area contributed by atoms with Crippen LogP contribution in [0.1, 0.15) is 35.2 Å². The number of carbonyl (C=O) groups excluding carboxylic acids is 2. The van der Waals surface area contributed by atoms with Crippen molar-refractivity contribution in [2.24, 2.45) is 7.05 Å². The normalized spacial score (nSPS) is 26.3. The SMILES string of the molecule is Cn1cc(-c2ccc3c(c2)OCC[C@@H]2CC[C@H](O)[C@@H](CNC(=O)[C@@H]4CN(Cc5ccsc5)CCN4C3=O)O2)cn1. The summed E-state index contributed by atoms with van der Waals surface area (Å²) in [4.78, 5) is 31.6. The molecular weight excluding hydrogens is 530 g/mol. The minimum absolute atomic E-state index is 0.0961. The molecule has 2 saturated heterocycles. The molecule has 2 amide bonds. The van der Waals surface area contributed by atoms with Gasteiger partial charge < -0.3 is 24.8 Å². The zero-order valence-corrected chi connectivity index (χ0v) is 23.4. The fourth-order valence-corrected chi connectivity index (χ4v) is 6.44. The highest BCUT2D eigenvalue weighted by Gasteiger charge is 2.38. The molecule has 2 fully saturated rings. The number of nitrogens with zero attached hydrogens (tertiary/aromatic N) is 4. The van der Waals surface area contributed by atoms with E-state index in [1.54, 1.807) is 33.2 Å². The van der Waals surface area contributed by atoms with Crippen LogP contribution in [-0.4, -0.2) is 93.6 Å². The molecule has 6 rings (SSSR count). The average molecular weight is 566 g/mol. The number of hydrogen-bond donors (Lipinski definition) is 2. The maximum absolute atomic E-state index is 14.1. The van der Waals surface area contributed by atoms with E-state index in [-0.39, 0.29) is 24.5 Å². The number of aryl methyl sites for hydroxylation is 1. The van der Waals surface area contributed by atoms with E-state index in [4.69, 9.17) is 9.47 Å². The largest absolute Gasteiger partial charge is 0.493 e. The van der Waals surface area contributed by atoms with Gasteiger partial charge in [-0.25, -0.2) is 0 Å². The van der Waals surface area contributed by atoms with E-state index in [1.165, 1.54) is 5.56 Å². The zero-order chi connectivity index (χ0) is 27.6. The topological polar surface area (TPSA) is 109 Å². The molecule has 11 heteroatoms. The highest BCUT2D eigenvalue weighted by molar-refractivity contribution is 7.07. The molecule has 2 aromatic heterocycles. The van der Waals surface area contributed by atoms with Gasteiger partial charge in [0, 0.05) is 58.0 Å². The van der Waals surface area contributed by atoms with Gasteiger partial charge in [0.05, 0.1) is 30.6 Å². The van der Waals surface area contributed by atoms with E-state index in [2.05, 4.69) is 26.8 Å². The second kappa shape index (κ2) is 11.7. The van der Waals surface area contributed by atoms with Gasteiger partial charge >= 0.3 is 0 Å². The molecule has 2 bridgehead atoms. The maximum atomic E-state index is 14.1. The van der Waals surface area contributed by atoms with E-state index < -0.39 is 18.2 Å². The van der Waals surface area contributed by atoms with E-state index in [0.717, 1.165) is 17.7 Å². The Balaban J connectivity index is 1.32. The van der Waals surface area contributed by atoms with E-state index in [9.17, 15) is 14.7 Å². The summed E-state index contributed by atoms with van der Waals surface area (Å²) in [6.45, 7) is 2.76. The van der Waals surface area contributed by atoms with Crippen LogP contribution in [0.5, 0.6) is 5.75 Å². The number of hydrogen-bond acceptors (Lipinski definition) is 8. The lowest BCUT2D eigenvalue weighted by Crippen LogP contribution is -2.61. The fraction of sp³-hybridized carbons (Fsp3) is 0.483. The minimum atomic E-state index is -0.690. The van der Waals surface area contributed by atoms with Gasteiger partial charge in [-0.15, -0.1) is 0 Å². The number of nitrogens with one attached hydrogen (secondary N) is 1. The minimum Gasteiger partial charge on any atom is -0.493 e. The van der Waals surface area contributed by atoms with Gasteiger partial charge in [0.25, 0.3) is 5.91 Å². The third-order valence-electron chi connectivity index (χ3n) is 8.02. The highest BCUT2D eigenvalue weighted by Crippen LogP contribution is 2.31. The van der Waals surface area contributed by atoms with Crippen LogP contribution in [-0.2, 0) is 23.1 Å². The monoisotopic (exact) mass is 565 g/mol. The maximum Gasteiger partial charge on any atom is 0.258 e. The molecule has 0 saturated carbocycles. The van der Waals surface area contributed by atoms with Crippen molar-refractivity contribution in [1.29, 1.82) is 0 Å². The lowest BCUT2D eigenvalue weighted by Gasteiger charge is -2.41. The van der Waals surface area contributed by atoms with Gasteiger partial charge in [-0.05, 0) is 52.9 Å². The Hall–Kier alpha value is -3.25. The summed E-state index contributed by atoms with van der Waals surface area (Å²) < 4.78 is 14.2. The molecule has 3 aliphatic heterocycles. The quantitative estimate of drug-likeness (QED) is 0.502. The van der Waals surface area contributed by atoms with E-state index in [0.29, 0.717) is 56.8 Å². The Labute approximate surface area is 237 Å². The molecule has 0 radical (unpaired) electrons. The van der Waals surface area contributed by atoms with Crippen LogP contribution < -0.4 is 10.1 Å². The second-order valence-electron chi connectivity index (χ2n) is 10.8. The second-order valence-corrected chi connectivity index (χ2v) is 11.6. The molecule has 0 aliphatic carbocycles. The van der Waals surface area contributed by atoms with E-state index >= 15 is 0 Å². The predicted octanol–water partition coefficient (Wildman–Crippen LogP) is 2.28. The number of rotatable bonds is 3. The van der Waals surface area contributed by atoms with Crippen LogP contribution in [0, 0.1) is 0 Å². The standard InChI is InChI=1S/C29H35N5O5S/c1-32-16-21(13-31-32)20-2-4-23-26(12-20)38-10-6-22-3-5-25(35)27(39-22)14-30-28(36)24-17-33(8-9-34(24)29(23)37)15-19-7-11-40-18-19/h2,4,7,11-13,16,18,22,24-25,27,35H,3,5-6,8-10,14-15,17H2,1H3,(H,30,36)/t22-,24-,25-,27+/m0/s1. The van der Waals surface area contributed by atoms with Crippen LogP contribution in [0.15, 0.2) is 47.4 Å². The first-order valence-electron chi connectivity index (χ1n) is 13.9. The van der Waals surface area contributed by atoms with Gasteiger partial charge in [0.2, 0.25) is 5.91 Å². The number of ether oxygens (including phenoxy) is 2. The molecule has 0 spiro atoms. The highest BCUT2D eigenvalue weighted by atomic mass is 32.1. The fourth-order valence-electron chi connectivity index (χ4n) is 5.78. The Morgan fingerprint density at radius 2 is 2.05 bits per heavy atom. The summed E-state index contributed by atoms with van der Waals surface area (Å²) in [5, 5.41) is 22.0. The number of aliphatic hydroxyl groups is 1. The molecule has 5 heterocycles. The number of amides is 2. The molecule has 40 heavy (non-hydrogen) atoms. The lowest BCUT2D eigenvalue weighted by molar-refractivity contribution is -0.135. The van der Waals surface area contributed by atoms with Crippen LogP contribution in [0.3, 0.4) is 0 Å². The van der Waals surface area contributed by atoms with Gasteiger partial charge in [-0.2, -0.15) is 16.4 Å². The summed E-state index contributed by atoms with van der Waals surface area (Å²) in [6.07, 6.45) is 4.39. The van der Waals surface area contributed by atoms with Gasteiger partial charge in [0.15, 0.2) is 0 Å². The summed E-state index contributed by atoms with van der Waals surface area (Å²) in [5.41, 5.74) is 3.45. The summed E-state index contributed by atoms with van der Waals surface area (Å²) in [5.74, 6) is 0.0140. The Morgan fingerprint density at radius 3 is 2.85 bits per heavy atom. The summed E-state index contributed by atoms with van der Waals surface area (Å²) in [7, 11) is 1.86. The molecule has 4 atom stereocenters. The number of aliphatic hydroxyl groups excluding tert-OH is 1. The number of fused-ring (bicyclic) bond motifs is 4. The third-order valence-corrected chi connectivity index (χ3v) is 8.75. The van der Waals surface area contributed by atoms with Crippen molar-refractivity contribution in [2.45, 2.75) is 50.2 Å². The molecule has 10 nitrogen and oxygen atoms in total. The van der Waals surface area contributed by atoms with Gasteiger partial charge in [-0.1, -0.05) is 6.07 Å². The molecule has 3 aliphatic rings. The molecule has 0 unspecified atom stereocenters. The van der Waals surface area contributed by atoms with Crippen LogP contribution in [0.2, 0.25) is 0 Å². The smallest absolute Gasteiger partial charge is 0.258 e. The van der Waals surface area contributed by atoms with Crippen molar-refractivity contribution in [2.75, 3.05) is 32.8 Å². The predicted molar refractivity (Wildman–Crippen MR) is 150 cm³/mol. The van der Waals surface area contributed by atoms with Gasteiger partial charge in [-0.3, -0.25) is 19.2 Å². The third kappa shape index (κ3) is 5.78. The summed E-state index contributed by atoms with van der Waals surface area (Å²) in [6, 6.07) is 6.97. The van der Waals surface area contributed by atoms with Crippen molar-refractivity contribution in [1.82, 2.24) is 24.9 Å². The number of benzene rings is 1. The first-order valence-corrected chi connectivity index (χ1v) is 14.8.